The van der Waals surface area contributed by atoms with E-state index < -0.39 is 23.8 Å². The minimum Gasteiger partial charge on any atom is -0.494 e. The summed E-state index contributed by atoms with van der Waals surface area (Å²) in [7, 11) is 0. The van der Waals surface area contributed by atoms with Gasteiger partial charge in [0, 0.05) is 6.42 Å². The van der Waals surface area contributed by atoms with Crippen LogP contribution in [0, 0.1) is 5.82 Å². The van der Waals surface area contributed by atoms with Crippen molar-refractivity contribution in [3.8, 4) is 5.75 Å². The number of rotatable bonds is 8. The molecule has 0 atom stereocenters. The molecule has 4 rings (SSSR count). The summed E-state index contributed by atoms with van der Waals surface area (Å²) in [6.07, 6.45) is 1.80. The van der Waals surface area contributed by atoms with Crippen molar-refractivity contribution in [1.82, 2.24) is 5.32 Å². The van der Waals surface area contributed by atoms with Crippen molar-refractivity contribution in [2.75, 3.05) is 18.1 Å². The number of urea groups is 1. The molecular formula is C29H25FN2O6. The molecule has 1 saturated heterocycles. The van der Waals surface area contributed by atoms with Gasteiger partial charge in [-0.05, 0) is 79.1 Å². The fourth-order valence-corrected chi connectivity index (χ4v) is 3.98. The minimum atomic E-state index is -0.901. The number of hydrogen-bond donors (Lipinski definition) is 1. The second-order valence-electron chi connectivity index (χ2n) is 8.33. The van der Waals surface area contributed by atoms with Crippen LogP contribution in [0.3, 0.4) is 0 Å². The zero-order chi connectivity index (χ0) is 27.2. The van der Waals surface area contributed by atoms with Crippen molar-refractivity contribution >= 4 is 35.6 Å². The Labute approximate surface area is 218 Å². The van der Waals surface area contributed by atoms with Crippen LogP contribution in [-0.4, -0.2) is 37.0 Å². The zero-order valence-electron chi connectivity index (χ0n) is 20.8. The van der Waals surface area contributed by atoms with Gasteiger partial charge < -0.3 is 9.47 Å². The minimum absolute atomic E-state index is 0.180. The van der Waals surface area contributed by atoms with E-state index in [2.05, 4.69) is 5.32 Å². The van der Waals surface area contributed by atoms with Gasteiger partial charge in [-0.2, -0.15) is 0 Å². The highest BCUT2D eigenvalue weighted by Gasteiger charge is 2.36. The van der Waals surface area contributed by atoms with Gasteiger partial charge in [-0.15, -0.1) is 0 Å². The lowest BCUT2D eigenvalue weighted by Crippen LogP contribution is -2.54. The van der Waals surface area contributed by atoms with Gasteiger partial charge in [0.1, 0.15) is 17.1 Å². The molecule has 1 fully saturated rings. The first-order chi connectivity index (χ1) is 18.3. The lowest BCUT2D eigenvalue weighted by molar-refractivity contribution is -0.122. The van der Waals surface area contributed by atoms with Crippen molar-refractivity contribution < 1.29 is 33.0 Å². The number of amides is 4. The van der Waals surface area contributed by atoms with Crippen LogP contribution in [0.1, 0.15) is 40.9 Å². The summed E-state index contributed by atoms with van der Waals surface area (Å²) >= 11 is 0. The first kappa shape index (κ1) is 26.3. The Balaban J connectivity index is 1.63. The standard InChI is InChI=1S/C29H25FN2O6/c1-3-37-25-17-19(8-9-21(25)14-18-6-5-7-22(30)15-18)16-24-26(33)31-29(36)32(27(24)34)23-12-10-20(11-13-23)28(35)38-4-2/h5-13,15-17H,3-4,14H2,1-2H3,(H,31,33,36)/b24-16+. The number of anilines is 1. The second-order valence-corrected chi connectivity index (χ2v) is 8.33. The van der Waals surface area contributed by atoms with E-state index in [1.807, 2.05) is 13.0 Å². The first-order valence-electron chi connectivity index (χ1n) is 12.0. The van der Waals surface area contributed by atoms with Crippen molar-refractivity contribution in [2.45, 2.75) is 20.3 Å². The van der Waals surface area contributed by atoms with Crippen LogP contribution in [0.15, 0.2) is 72.3 Å². The normalized spacial score (nSPS) is 14.4. The number of nitrogens with zero attached hydrogens (tertiary/aromatic N) is 1. The summed E-state index contributed by atoms with van der Waals surface area (Å²) in [6, 6.07) is 16.2. The van der Waals surface area contributed by atoms with E-state index in [0.717, 1.165) is 16.0 Å². The molecule has 194 valence electrons. The molecule has 0 radical (unpaired) electrons. The largest absolute Gasteiger partial charge is 0.494 e. The molecule has 1 aliphatic rings. The molecule has 1 N–H and O–H groups in total. The van der Waals surface area contributed by atoms with Crippen molar-refractivity contribution in [1.29, 1.82) is 0 Å². The Morgan fingerprint density at radius 1 is 0.974 bits per heavy atom. The predicted molar refractivity (Wildman–Crippen MR) is 138 cm³/mol. The number of hydrogen-bond acceptors (Lipinski definition) is 6. The third-order valence-electron chi connectivity index (χ3n) is 5.72. The van der Waals surface area contributed by atoms with Crippen molar-refractivity contribution in [3.05, 3.63) is 100 Å². The van der Waals surface area contributed by atoms with Gasteiger partial charge in [0.2, 0.25) is 0 Å². The zero-order valence-corrected chi connectivity index (χ0v) is 20.8. The number of imide groups is 2. The predicted octanol–water partition coefficient (Wildman–Crippen LogP) is 4.66. The lowest BCUT2D eigenvalue weighted by Gasteiger charge is -2.26. The molecule has 1 heterocycles. The summed E-state index contributed by atoms with van der Waals surface area (Å²) < 4.78 is 24.3. The Morgan fingerprint density at radius 2 is 1.74 bits per heavy atom. The van der Waals surface area contributed by atoms with E-state index in [0.29, 0.717) is 24.3 Å². The third-order valence-corrected chi connectivity index (χ3v) is 5.72. The van der Waals surface area contributed by atoms with Gasteiger partial charge >= 0.3 is 12.0 Å². The molecule has 1 aliphatic heterocycles. The monoisotopic (exact) mass is 516 g/mol. The molecule has 8 nitrogen and oxygen atoms in total. The maximum Gasteiger partial charge on any atom is 0.338 e. The molecule has 0 aliphatic carbocycles. The number of carbonyl (C=O) groups is 4. The molecule has 38 heavy (non-hydrogen) atoms. The topological polar surface area (TPSA) is 102 Å². The van der Waals surface area contributed by atoms with E-state index >= 15 is 0 Å². The van der Waals surface area contributed by atoms with Gasteiger partial charge in [-0.1, -0.05) is 24.3 Å². The number of carbonyl (C=O) groups excluding carboxylic acids is 4. The molecule has 0 bridgehead atoms. The summed E-state index contributed by atoms with van der Waals surface area (Å²) in [5, 5.41) is 2.18. The Kier molecular flexibility index (Phi) is 7.96. The van der Waals surface area contributed by atoms with E-state index in [4.69, 9.17) is 9.47 Å². The highest BCUT2D eigenvalue weighted by atomic mass is 19.1. The molecule has 9 heteroatoms. The highest BCUT2D eigenvalue weighted by Crippen LogP contribution is 2.27. The fourth-order valence-electron chi connectivity index (χ4n) is 3.98. The van der Waals surface area contributed by atoms with Crippen molar-refractivity contribution in [3.63, 3.8) is 0 Å². The number of esters is 1. The molecule has 0 spiro atoms. The van der Waals surface area contributed by atoms with Crippen molar-refractivity contribution in [2.24, 2.45) is 0 Å². The highest BCUT2D eigenvalue weighted by molar-refractivity contribution is 6.39. The van der Waals surface area contributed by atoms with E-state index in [-0.39, 0.29) is 29.2 Å². The van der Waals surface area contributed by atoms with E-state index in [9.17, 15) is 23.6 Å². The SMILES string of the molecule is CCOC(=O)c1ccc(N2C(=O)NC(=O)/C(=C\c3ccc(Cc4cccc(F)c4)c(OCC)c3)C2=O)cc1. The van der Waals surface area contributed by atoms with Crippen LogP contribution in [0.2, 0.25) is 0 Å². The maximum absolute atomic E-state index is 13.6. The van der Waals surface area contributed by atoms with Crippen LogP contribution in [0.4, 0.5) is 14.9 Å². The van der Waals surface area contributed by atoms with Crippen LogP contribution in [-0.2, 0) is 20.7 Å². The summed E-state index contributed by atoms with van der Waals surface area (Å²) in [5.74, 6) is -1.99. The molecule has 3 aromatic carbocycles. The Morgan fingerprint density at radius 3 is 2.42 bits per heavy atom. The average Bonchev–Trinajstić information content (AvgIpc) is 2.88. The van der Waals surface area contributed by atoms with E-state index in [1.165, 1.54) is 42.5 Å². The number of benzene rings is 3. The first-order valence-corrected chi connectivity index (χ1v) is 12.0. The lowest BCUT2D eigenvalue weighted by atomic mass is 10.0. The maximum atomic E-state index is 13.6. The van der Waals surface area contributed by atoms with Gasteiger partial charge in [0.15, 0.2) is 0 Å². The Hall–Kier alpha value is -4.79. The number of nitrogens with one attached hydrogen (secondary N) is 1. The van der Waals surface area contributed by atoms with Crippen LogP contribution >= 0.6 is 0 Å². The van der Waals surface area contributed by atoms with Gasteiger partial charge in [-0.25, -0.2) is 18.9 Å². The number of barbiturate groups is 1. The number of ether oxygens (including phenoxy) is 2. The van der Waals surface area contributed by atoms with Crippen LogP contribution in [0.5, 0.6) is 5.75 Å². The molecular weight excluding hydrogens is 491 g/mol. The molecule has 0 saturated carbocycles. The smallest absolute Gasteiger partial charge is 0.338 e. The van der Waals surface area contributed by atoms with Gasteiger partial charge in [0.05, 0.1) is 24.5 Å². The van der Waals surface area contributed by atoms with E-state index in [1.54, 1.807) is 31.2 Å². The fraction of sp³-hybridized carbons (Fsp3) is 0.172. The summed E-state index contributed by atoms with van der Waals surface area (Å²) in [5.41, 5.74) is 2.26. The van der Waals surface area contributed by atoms with Crippen LogP contribution < -0.4 is 15.0 Å². The number of halogens is 1. The molecule has 4 amide bonds. The second kappa shape index (κ2) is 11.5. The van der Waals surface area contributed by atoms with Gasteiger partial charge in [0.25, 0.3) is 11.8 Å². The molecule has 0 unspecified atom stereocenters. The quantitative estimate of drug-likeness (QED) is 0.266. The molecule has 0 aromatic heterocycles. The Bertz CT molecular complexity index is 1430. The van der Waals surface area contributed by atoms with Crippen LogP contribution in [0.25, 0.3) is 6.08 Å². The third kappa shape index (κ3) is 5.78. The van der Waals surface area contributed by atoms with Gasteiger partial charge in [-0.3, -0.25) is 14.9 Å². The summed E-state index contributed by atoms with van der Waals surface area (Å²) in [6.45, 7) is 4.09. The summed E-state index contributed by atoms with van der Waals surface area (Å²) in [4.78, 5) is 51.1. The molecule has 3 aromatic rings. The average molecular weight is 517 g/mol.